The molecule has 0 amide bonds. The van der Waals surface area contributed by atoms with Gasteiger partial charge in [0, 0.05) is 23.5 Å². The maximum Gasteiger partial charge on any atom is 0.339 e. The van der Waals surface area contributed by atoms with Gasteiger partial charge in [0.1, 0.15) is 18.5 Å². The monoisotopic (exact) mass is 324 g/mol. The minimum Gasteiger partial charge on any atom is -0.490 e. The van der Waals surface area contributed by atoms with Crippen molar-refractivity contribution >= 4 is 5.97 Å². The molecule has 0 aliphatic carbocycles. The fraction of sp³-hybridized carbons (Fsp3) is 0.278. The molecule has 1 atom stereocenters. The molecule has 1 aliphatic rings. The normalized spacial score (nSPS) is 15.4. The molecule has 6 heteroatoms. The van der Waals surface area contributed by atoms with E-state index >= 15 is 0 Å². The molecule has 3 rings (SSSR count). The predicted octanol–water partition coefficient (Wildman–Crippen LogP) is 2.57. The number of hydrogen-bond acceptors (Lipinski definition) is 6. The van der Waals surface area contributed by atoms with Crippen LogP contribution in [-0.2, 0) is 9.47 Å². The number of rotatable bonds is 6. The van der Waals surface area contributed by atoms with Crippen molar-refractivity contribution in [3.8, 4) is 22.9 Å². The second kappa shape index (κ2) is 7.11. The van der Waals surface area contributed by atoms with Crippen LogP contribution in [0.1, 0.15) is 22.8 Å². The predicted molar refractivity (Wildman–Crippen MR) is 85.6 cm³/mol. The lowest BCUT2D eigenvalue weighted by Gasteiger charge is -2.12. The van der Waals surface area contributed by atoms with Crippen molar-refractivity contribution in [3.63, 3.8) is 0 Å². The van der Waals surface area contributed by atoms with Crippen LogP contribution in [0.2, 0.25) is 0 Å². The third kappa shape index (κ3) is 3.70. The summed E-state index contributed by atoms with van der Waals surface area (Å²) in [6.07, 6.45) is 3.21. The minimum atomic E-state index is -0.422. The molecular weight excluding hydrogens is 308 g/mol. The van der Waals surface area contributed by atoms with E-state index in [0.29, 0.717) is 36.7 Å². The van der Waals surface area contributed by atoms with Crippen LogP contribution in [0.15, 0.2) is 36.7 Å². The molecule has 0 bridgehead atoms. The summed E-state index contributed by atoms with van der Waals surface area (Å²) < 4.78 is 15.9. The minimum absolute atomic E-state index is 0.104. The van der Waals surface area contributed by atoms with Crippen LogP contribution < -0.4 is 4.74 Å². The largest absolute Gasteiger partial charge is 0.490 e. The van der Waals surface area contributed by atoms with Gasteiger partial charge in [0.2, 0.25) is 0 Å². The fourth-order valence-electron chi connectivity index (χ4n) is 2.21. The van der Waals surface area contributed by atoms with Crippen LogP contribution in [0, 0.1) is 11.3 Å². The first kappa shape index (κ1) is 16.0. The van der Waals surface area contributed by atoms with E-state index in [-0.39, 0.29) is 6.10 Å². The Bertz CT molecular complexity index is 794. The molecule has 1 unspecified atom stereocenters. The summed E-state index contributed by atoms with van der Waals surface area (Å²) >= 11 is 0. The zero-order valence-electron chi connectivity index (χ0n) is 13.2. The Morgan fingerprint density at radius 1 is 1.42 bits per heavy atom. The highest BCUT2D eigenvalue weighted by Crippen LogP contribution is 2.32. The topological polar surface area (TPSA) is 84.7 Å². The Morgan fingerprint density at radius 3 is 2.96 bits per heavy atom. The Labute approximate surface area is 139 Å². The highest BCUT2D eigenvalue weighted by Gasteiger charge is 2.24. The van der Waals surface area contributed by atoms with Crippen LogP contribution in [0.3, 0.4) is 0 Å². The molecule has 2 heterocycles. The lowest BCUT2D eigenvalue weighted by atomic mass is 10.0. The zero-order chi connectivity index (χ0) is 16.9. The summed E-state index contributed by atoms with van der Waals surface area (Å²) in [4.78, 5) is 16.0. The Hall–Kier alpha value is -2.91. The van der Waals surface area contributed by atoms with Gasteiger partial charge in [-0.05, 0) is 31.2 Å². The first-order valence-electron chi connectivity index (χ1n) is 7.62. The van der Waals surface area contributed by atoms with Gasteiger partial charge in [0.05, 0.1) is 30.4 Å². The maximum absolute atomic E-state index is 11.9. The molecule has 6 nitrogen and oxygen atoms in total. The summed E-state index contributed by atoms with van der Waals surface area (Å²) in [5.41, 5.74) is 2.35. The van der Waals surface area contributed by atoms with E-state index in [1.165, 1.54) is 6.20 Å². The van der Waals surface area contributed by atoms with Crippen molar-refractivity contribution in [2.24, 2.45) is 0 Å². The van der Waals surface area contributed by atoms with Crippen molar-refractivity contribution in [1.82, 2.24) is 4.98 Å². The molecule has 0 radical (unpaired) electrons. The molecule has 0 saturated carbocycles. The van der Waals surface area contributed by atoms with E-state index in [1.54, 1.807) is 37.4 Å². The first-order valence-corrected chi connectivity index (χ1v) is 7.62. The molecule has 24 heavy (non-hydrogen) atoms. The van der Waals surface area contributed by atoms with E-state index in [2.05, 4.69) is 11.1 Å². The summed E-state index contributed by atoms with van der Waals surface area (Å²) in [5.74, 6) is 0.140. The lowest BCUT2D eigenvalue weighted by molar-refractivity contribution is 0.0526. The maximum atomic E-state index is 11.9. The van der Waals surface area contributed by atoms with E-state index in [1.807, 2.05) is 0 Å². The highest BCUT2D eigenvalue weighted by atomic mass is 16.6. The quantitative estimate of drug-likeness (QED) is 0.600. The van der Waals surface area contributed by atoms with Gasteiger partial charge in [0.15, 0.2) is 0 Å². The molecule has 1 aromatic carbocycles. The van der Waals surface area contributed by atoms with Gasteiger partial charge in [-0.25, -0.2) is 4.79 Å². The molecule has 1 fully saturated rings. The number of carbonyl (C=O) groups is 1. The van der Waals surface area contributed by atoms with Crippen LogP contribution >= 0.6 is 0 Å². The van der Waals surface area contributed by atoms with Crippen molar-refractivity contribution in [3.05, 3.63) is 47.8 Å². The summed E-state index contributed by atoms with van der Waals surface area (Å²) in [5, 5.41) is 9.09. The SMILES string of the molecule is CCOC(=O)c1cncc(-c2ccc(C#N)cc2OCC2CO2)c1. The summed E-state index contributed by atoms with van der Waals surface area (Å²) in [6, 6.07) is 8.96. The summed E-state index contributed by atoms with van der Waals surface area (Å²) in [7, 11) is 0. The molecule has 1 aromatic heterocycles. The highest BCUT2D eigenvalue weighted by molar-refractivity contribution is 5.90. The molecular formula is C18H16N2O4. The Balaban J connectivity index is 1.93. The average Bonchev–Trinajstić information content (AvgIpc) is 3.44. The van der Waals surface area contributed by atoms with Gasteiger partial charge in [-0.15, -0.1) is 0 Å². The second-order valence-corrected chi connectivity index (χ2v) is 5.27. The van der Waals surface area contributed by atoms with Crippen molar-refractivity contribution in [2.75, 3.05) is 19.8 Å². The number of esters is 1. The van der Waals surface area contributed by atoms with E-state index in [9.17, 15) is 4.79 Å². The molecule has 1 aliphatic heterocycles. The molecule has 1 saturated heterocycles. The number of aromatic nitrogens is 1. The van der Waals surface area contributed by atoms with E-state index in [4.69, 9.17) is 19.5 Å². The molecule has 0 N–H and O–H groups in total. The van der Waals surface area contributed by atoms with Crippen LogP contribution in [0.4, 0.5) is 0 Å². The number of nitriles is 1. The smallest absolute Gasteiger partial charge is 0.339 e. The number of epoxide rings is 1. The van der Waals surface area contributed by atoms with Gasteiger partial charge in [-0.3, -0.25) is 4.98 Å². The lowest BCUT2D eigenvalue weighted by Crippen LogP contribution is -2.06. The number of hydrogen-bond donors (Lipinski definition) is 0. The average molecular weight is 324 g/mol. The molecule has 122 valence electrons. The van der Waals surface area contributed by atoms with Gasteiger partial charge in [-0.1, -0.05) is 0 Å². The molecule has 0 spiro atoms. The van der Waals surface area contributed by atoms with Gasteiger partial charge < -0.3 is 14.2 Å². The first-order chi connectivity index (χ1) is 11.7. The van der Waals surface area contributed by atoms with Crippen LogP contribution in [0.25, 0.3) is 11.1 Å². The van der Waals surface area contributed by atoms with E-state index < -0.39 is 5.97 Å². The number of benzene rings is 1. The number of carbonyl (C=O) groups excluding carboxylic acids is 1. The third-order valence-electron chi connectivity index (χ3n) is 3.50. The Morgan fingerprint density at radius 2 is 2.25 bits per heavy atom. The summed E-state index contributed by atoms with van der Waals surface area (Å²) in [6.45, 7) is 3.16. The van der Waals surface area contributed by atoms with Crippen LogP contribution in [0.5, 0.6) is 5.75 Å². The van der Waals surface area contributed by atoms with Gasteiger partial charge in [-0.2, -0.15) is 5.26 Å². The number of ether oxygens (including phenoxy) is 3. The fourth-order valence-corrected chi connectivity index (χ4v) is 2.21. The molecule has 2 aromatic rings. The number of pyridine rings is 1. The third-order valence-corrected chi connectivity index (χ3v) is 3.50. The standard InChI is InChI=1S/C18H16N2O4/c1-2-22-18(21)14-6-13(8-20-9-14)16-4-3-12(7-19)5-17(16)24-11-15-10-23-15/h3-6,8-9,15H,2,10-11H2,1H3. The van der Waals surface area contributed by atoms with E-state index in [0.717, 1.165) is 11.1 Å². The zero-order valence-corrected chi connectivity index (χ0v) is 13.2. The van der Waals surface area contributed by atoms with Gasteiger partial charge in [0.25, 0.3) is 0 Å². The van der Waals surface area contributed by atoms with Gasteiger partial charge >= 0.3 is 5.97 Å². The number of nitrogens with zero attached hydrogens (tertiary/aromatic N) is 2. The Kier molecular flexibility index (Phi) is 4.73. The van der Waals surface area contributed by atoms with Crippen molar-refractivity contribution in [1.29, 1.82) is 5.26 Å². The van der Waals surface area contributed by atoms with Crippen molar-refractivity contribution in [2.45, 2.75) is 13.0 Å². The van der Waals surface area contributed by atoms with Crippen LogP contribution in [-0.4, -0.2) is 36.9 Å². The second-order valence-electron chi connectivity index (χ2n) is 5.27. The van der Waals surface area contributed by atoms with Crippen molar-refractivity contribution < 1.29 is 19.0 Å².